The summed E-state index contributed by atoms with van der Waals surface area (Å²) in [7, 11) is 2.92. The highest BCUT2D eigenvalue weighted by molar-refractivity contribution is 6.19. The van der Waals surface area contributed by atoms with Gasteiger partial charge in [0.25, 0.3) is 0 Å². The molecule has 5 heteroatoms. The first-order chi connectivity index (χ1) is 9.71. The highest BCUT2D eigenvalue weighted by Crippen LogP contribution is 2.35. The fourth-order valence-electron chi connectivity index (χ4n) is 2.23. The van der Waals surface area contributed by atoms with E-state index in [0.717, 1.165) is 6.42 Å². The van der Waals surface area contributed by atoms with E-state index in [9.17, 15) is 4.79 Å². The van der Waals surface area contributed by atoms with Crippen molar-refractivity contribution in [1.82, 2.24) is 0 Å². The second kappa shape index (κ2) is 6.66. The maximum Gasteiger partial charge on any atom is 0.342 e. The lowest BCUT2D eigenvalue weighted by atomic mass is 10.0. The summed E-state index contributed by atoms with van der Waals surface area (Å²) in [6, 6.07) is 7.30. The normalized spacial score (nSPS) is 20.2. The molecule has 1 aromatic carbocycles. The number of hydrogen-bond donors (Lipinski definition) is 0. The predicted octanol–water partition coefficient (Wildman–Crippen LogP) is 3.00. The standard InChI is InChI=1S/C15H17ClO4/c1-18-12-6-4-3-5-11(12)14(15(17)19-2)13-8-7-10(9-16)20-13/h3-6,10H,7-9H2,1-2H3/b14-13-. The average Bonchev–Trinajstić information content (AvgIpc) is 2.96. The lowest BCUT2D eigenvalue weighted by Gasteiger charge is -2.14. The molecular formula is C15H17ClO4. The number of rotatable bonds is 4. The SMILES string of the molecule is COC(=O)/C(=C1/CCC(CCl)O1)c1ccccc1OC. The molecule has 1 fully saturated rings. The van der Waals surface area contributed by atoms with Gasteiger partial charge in [-0.1, -0.05) is 18.2 Å². The summed E-state index contributed by atoms with van der Waals surface area (Å²) < 4.78 is 15.9. The Morgan fingerprint density at radius 3 is 2.75 bits per heavy atom. The summed E-state index contributed by atoms with van der Waals surface area (Å²) in [6.07, 6.45) is 1.41. The summed E-state index contributed by atoms with van der Waals surface area (Å²) in [6.45, 7) is 0. The van der Waals surface area contributed by atoms with Gasteiger partial charge in [0.05, 0.1) is 20.1 Å². The molecule has 1 aromatic rings. The number of carbonyl (C=O) groups excluding carboxylic acids is 1. The van der Waals surface area contributed by atoms with Crippen LogP contribution < -0.4 is 4.74 Å². The molecule has 1 unspecified atom stereocenters. The first kappa shape index (κ1) is 14.7. The molecule has 0 radical (unpaired) electrons. The van der Waals surface area contributed by atoms with Crippen LogP contribution in [0.2, 0.25) is 0 Å². The van der Waals surface area contributed by atoms with E-state index in [0.29, 0.717) is 34.9 Å². The second-order valence-corrected chi connectivity index (χ2v) is 4.73. The molecular weight excluding hydrogens is 280 g/mol. The molecule has 1 aliphatic heterocycles. The molecule has 108 valence electrons. The highest BCUT2D eigenvalue weighted by Gasteiger charge is 2.28. The molecule has 0 N–H and O–H groups in total. The summed E-state index contributed by atoms with van der Waals surface area (Å²) in [5.41, 5.74) is 1.09. The Hall–Kier alpha value is -1.68. The minimum atomic E-state index is -0.431. The number of alkyl halides is 1. The van der Waals surface area contributed by atoms with E-state index in [1.54, 1.807) is 13.2 Å². The minimum absolute atomic E-state index is 0.0546. The maximum atomic E-state index is 12.1. The van der Waals surface area contributed by atoms with E-state index in [4.69, 9.17) is 25.8 Å². The van der Waals surface area contributed by atoms with Gasteiger partial charge in [0, 0.05) is 12.0 Å². The number of ether oxygens (including phenoxy) is 3. The molecule has 1 saturated heterocycles. The molecule has 0 bridgehead atoms. The zero-order valence-corrected chi connectivity index (χ0v) is 12.3. The van der Waals surface area contributed by atoms with Gasteiger partial charge >= 0.3 is 5.97 Å². The first-order valence-corrected chi connectivity index (χ1v) is 6.92. The lowest BCUT2D eigenvalue weighted by molar-refractivity contribution is -0.133. The number of benzene rings is 1. The fraction of sp³-hybridized carbons (Fsp3) is 0.400. The Balaban J connectivity index is 2.49. The second-order valence-electron chi connectivity index (χ2n) is 4.42. The van der Waals surface area contributed by atoms with E-state index < -0.39 is 5.97 Å². The zero-order valence-electron chi connectivity index (χ0n) is 11.5. The lowest BCUT2D eigenvalue weighted by Crippen LogP contribution is -2.10. The Morgan fingerprint density at radius 2 is 2.15 bits per heavy atom. The van der Waals surface area contributed by atoms with Gasteiger partial charge in [0.15, 0.2) is 0 Å². The number of carbonyl (C=O) groups is 1. The number of esters is 1. The van der Waals surface area contributed by atoms with Gasteiger partial charge in [-0.25, -0.2) is 4.79 Å². The van der Waals surface area contributed by atoms with Crippen LogP contribution in [-0.2, 0) is 14.3 Å². The summed E-state index contributed by atoms with van der Waals surface area (Å²) >= 11 is 5.81. The van der Waals surface area contributed by atoms with Crippen LogP contribution >= 0.6 is 11.6 Å². The molecule has 0 saturated carbocycles. The smallest absolute Gasteiger partial charge is 0.342 e. The van der Waals surface area contributed by atoms with Crippen molar-refractivity contribution in [2.24, 2.45) is 0 Å². The third kappa shape index (κ3) is 2.90. The molecule has 0 aliphatic carbocycles. The zero-order chi connectivity index (χ0) is 14.5. The predicted molar refractivity (Wildman–Crippen MR) is 76.8 cm³/mol. The van der Waals surface area contributed by atoms with Crippen molar-refractivity contribution in [3.05, 3.63) is 35.6 Å². The molecule has 2 rings (SSSR count). The topological polar surface area (TPSA) is 44.8 Å². The largest absolute Gasteiger partial charge is 0.496 e. The van der Waals surface area contributed by atoms with Crippen LogP contribution in [0.25, 0.3) is 5.57 Å². The fourth-order valence-corrected chi connectivity index (χ4v) is 2.45. The Labute approximate surface area is 123 Å². The Kier molecular flexibility index (Phi) is 4.90. The molecule has 1 atom stereocenters. The molecule has 0 aromatic heterocycles. The van der Waals surface area contributed by atoms with Gasteiger partial charge in [-0.3, -0.25) is 0 Å². The third-order valence-electron chi connectivity index (χ3n) is 3.22. The van der Waals surface area contributed by atoms with E-state index in [1.807, 2.05) is 18.2 Å². The van der Waals surface area contributed by atoms with Crippen LogP contribution in [0.15, 0.2) is 30.0 Å². The van der Waals surface area contributed by atoms with E-state index >= 15 is 0 Å². The number of allylic oxidation sites excluding steroid dienone is 1. The molecule has 1 aliphatic rings. The molecule has 20 heavy (non-hydrogen) atoms. The van der Waals surface area contributed by atoms with Crippen molar-refractivity contribution in [2.45, 2.75) is 18.9 Å². The van der Waals surface area contributed by atoms with Gasteiger partial charge < -0.3 is 14.2 Å². The van der Waals surface area contributed by atoms with Crippen LogP contribution in [0, 0.1) is 0 Å². The van der Waals surface area contributed by atoms with Crippen LogP contribution in [-0.4, -0.2) is 32.2 Å². The van der Waals surface area contributed by atoms with Crippen molar-refractivity contribution in [1.29, 1.82) is 0 Å². The van der Waals surface area contributed by atoms with Gasteiger partial charge in [-0.15, -0.1) is 11.6 Å². The summed E-state index contributed by atoms with van der Waals surface area (Å²) in [5.74, 6) is 1.20. The van der Waals surface area contributed by atoms with Gasteiger partial charge in [0.1, 0.15) is 23.2 Å². The number of para-hydroxylation sites is 1. The van der Waals surface area contributed by atoms with Crippen molar-refractivity contribution in [2.75, 3.05) is 20.1 Å². The quantitative estimate of drug-likeness (QED) is 0.487. The van der Waals surface area contributed by atoms with Crippen LogP contribution in [0.4, 0.5) is 0 Å². The molecule has 0 amide bonds. The van der Waals surface area contributed by atoms with Crippen LogP contribution in [0.1, 0.15) is 18.4 Å². The van der Waals surface area contributed by atoms with Crippen molar-refractivity contribution < 1.29 is 19.0 Å². The number of hydrogen-bond acceptors (Lipinski definition) is 4. The van der Waals surface area contributed by atoms with E-state index in [2.05, 4.69) is 0 Å². The Bertz CT molecular complexity index is 524. The highest BCUT2D eigenvalue weighted by atomic mass is 35.5. The van der Waals surface area contributed by atoms with Crippen LogP contribution in [0.5, 0.6) is 5.75 Å². The number of halogens is 1. The van der Waals surface area contributed by atoms with Gasteiger partial charge in [-0.2, -0.15) is 0 Å². The summed E-state index contributed by atoms with van der Waals surface area (Å²) in [5, 5.41) is 0. The number of methoxy groups -OCH3 is 2. The third-order valence-corrected chi connectivity index (χ3v) is 3.56. The molecule has 4 nitrogen and oxygen atoms in total. The van der Waals surface area contributed by atoms with Crippen molar-refractivity contribution in [3.8, 4) is 5.75 Å². The molecule has 1 heterocycles. The van der Waals surface area contributed by atoms with Crippen molar-refractivity contribution >= 4 is 23.1 Å². The van der Waals surface area contributed by atoms with Gasteiger partial charge in [-0.05, 0) is 12.5 Å². The first-order valence-electron chi connectivity index (χ1n) is 6.38. The van der Waals surface area contributed by atoms with E-state index in [-0.39, 0.29) is 6.10 Å². The monoisotopic (exact) mass is 296 g/mol. The molecule has 0 spiro atoms. The minimum Gasteiger partial charge on any atom is -0.496 e. The van der Waals surface area contributed by atoms with Crippen LogP contribution in [0.3, 0.4) is 0 Å². The summed E-state index contributed by atoms with van der Waals surface area (Å²) in [4.78, 5) is 12.1. The van der Waals surface area contributed by atoms with E-state index in [1.165, 1.54) is 7.11 Å². The van der Waals surface area contributed by atoms with Gasteiger partial charge in [0.2, 0.25) is 0 Å². The average molecular weight is 297 g/mol. The van der Waals surface area contributed by atoms with Crippen molar-refractivity contribution in [3.63, 3.8) is 0 Å². The maximum absolute atomic E-state index is 12.1. The Morgan fingerprint density at radius 1 is 1.40 bits per heavy atom.